The Kier molecular flexibility index (Phi) is 5.52. The first kappa shape index (κ1) is 20.5. The zero-order valence-corrected chi connectivity index (χ0v) is 18.3. The Hall–Kier alpha value is -3.40. The molecule has 1 aliphatic heterocycles. The summed E-state index contributed by atoms with van der Waals surface area (Å²) in [5, 5.41) is 3.17. The highest BCUT2D eigenvalue weighted by atomic mass is 16.2. The highest BCUT2D eigenvalue weighted by Gasteiger charge is 2.48. The summed E-state index contributed by atoms with van der Waals surface area (Å²) in [5.74, 6) is -0.400. The molecule has 4 nitrogen and oxygen atoms in total. The van der Waals surface area contributed by atoms with Gasteiger partial charge in [0.15, 0.2) is 0 Å². The quantitative estimate of drug-likeness (QED) is 0.618. The van der Waals surface area contributed by atoms with Crippen LogP contribution in [0.15, 0.2) is 78.9 Å². The lowest BCUT2D eigenvalue weighted by molar-refractivity contribution is -0.124. The van der Waals surface area contributed by atoms with Crippen molar-refractivity contribution in [2.24, 2.45) is 0 Å². The number of nitrogens with one attached hydrogen (secondary N) is 1. The number of amides is 2. The molecule has 0 radical (unpaired) electrons. The molecule has 2 atom stereocenters. The molecule has 1 saturated carbocycles. The largest absolute Gasteiger partial charge is 0.355 e. The van der Waals surface area contributed by atoms with Gasteiger partial charge >= 0.3 is 0 Å². The maximum absolute atomic E-state index is 13.7. The zero-order valence-electron chi connectivity index (χ0n) is 18.3. The van der Waals surface area contributed by atoms with Crippen LogP contribution in [0.1, 0.15) is 57.4 Å². The van der Waals surface area contributed by atoms with Crippen LogP contribution in [0.4, 0.5) is 0 Å². The van der Waals surface area contributed by atoms with Gasteiger partial charge in [-0.1, -0.05) is 78.4 Å². The Bertz CT molecular complexity index is 1140. The topological polar surface area (TPSA) is 49.4 Å². The molecule has 1 fully saturated rings. The van der Waals surface area contributed by atoms with Crippen molar-refractivity contribution in [2.75, 3.05) is 6.54 Å². The van der Waals surface area contributed by atoms with E-state index in [0.29, 0.717) is 12.1 Å². The van der Waals surface area contributed by atoms with Gasteiger partial charge in [0.25, 0.3) is 5.91 Å². The Morgan fingerprint density at radius 2 is 1.72 bits per heavy atom. The van der Waals surface area contributed by atoms with E-state index in [9.17, 15) is 9.59 Å². The molecule has 3 aromatic carbocycles. The summed E-state index contributed by atoms with van der Waals surface area (Å²) >= 11 is 0. The van der Waals surface area contributed by atoms with Gasteiger partial charge in [-0.25, -0.2) is 0 Å². The molecule has 2 aliphatic rings. The van der Waals surface area contributed by atoms with Gasteiger partial charge in [0.05, 0.1) is 12.0 Å². The van der Waals surface area contributed by atoms with Crippen LogP contribution < -0.4 is 5.32 Å². The standard InChI is InChI=1S/C28H28N2O2/c1-19-8-7-11-21(18-19)26-25(27(31)29-17-16-20-9-3-2-4-10-20)23-12-5-6-13-24(23)28(32)30(26)22-14-15-22/h2-13,18,22,25-26H,14-17H2,1H3,(H,29,31)/t25-,26+/m1/s1. The molecule has 0 unspecified atom stereocenters. The Labute approximate surface area is 189 Å². The molecular weight excluding hydrogens is 396 g/mol. The predicted octanol–water partition coefficient (Wildman–Crippen LogP) is 4.80. The first-order chi connectivity index (χ1) is 15.6. The van der Waals surface area contributed by atoms with Crippen molar-refractivity contribution in [1.29, 1.82) is 0 Å². The fraction of sp³-hybridized carbons (Fsp3) is 0.286. The van der Waals surface area contributed by atoms with Gasteiger partial charge in [0.1, 0.15) is 0 Å². The smallest absolute Gasteiger partial charge is 0.254 e. The summed E-state index contributed by atoms with van der Waals surface area (Å²) in [4.78, 5) is 29.2. The molecular formula is C28H28N2O2. The summed E-state index contributed by atoms with van der Waals surface area (Å²) in [7, 11) is 0. The van der Waals surface area contributed by atoms with Crippen LogP contribution in [0.5, 0.6) is 0 Å². The summed E-state index contributed by atoms with van der Waals surface area (Å²) in [5.41, 5.74) is 4.85. The van der Waals surface area contributed by atoms with Crippen LogP contribution in [0.25, 0.3) is 0 Å². The Morgan fingerprint density at radius 1 is 0.969 bits per heavy atom. The van der Waals surface area contributed by atoms with Crippen LogP contribution in [-0.2, 0) is 11.2 Å². The third kappa shape index (κ3) is 3.93. The van der Waals surface area contributed by atoms with Crippen molar-refractivity contribution >= 4 is 11.8 Å². The first-order valence-electron chi connectivity index (χ1n) is 11.4. The van der Waals surface area contributed by atoms with Gasteiger partial charge in [-0.3, -0.25) is 9.59 Å². The van der Waals surface area contributed by atoms with Crippen molar-refractivity contribution in [3.63, 3.8) is 0 Å². The summed E-state index contributed by atoms with van der Waals surface area (Å²) < 4.78 is 0. The predicted molar refractivity (Wildman–Crippen MR) is 125 cm³/mol. The SMILES string of the molecule is Cc1cccc([C@H]2[C@H](C(=O)NCCc3ccccc3)c3ccccc3C(=O)N2C2CC2)c1. The lowest BCUT2D eigenvalue weighted by atomic mass is 9.78. The van der Waals surface area contributed by atoms with Gasteiger partial charge < -0.3 is 10.2 Å². The van der Waals surface area contributed by atoms with Gasteiger partial charge in [-0.15, -0.1) is 0 Å². The third-order valence-electron chi connectivity index (χ3n) is 6.54. The number of carbonyl (C=O) groups is 2. The average molecular weight is 425 g/mol. The second-order valence-corrected chi connectivity index (χ2v) is 8.89. The molecule has 0 aromatic heterocycles. The van der Waals surface area contributed by atoms with Crippen molar-refractivity contribution in [3.05, 3.63) is 107 Å². The van der Waals surface area contributed by atoms with Crippen molar-refractivity contribution in [2.45, 2.75) is 44.2 Å². The fourth-order valence-corrected chi connectivity index (χ4v) is 4.88. The van der Waals surface area contributed by atoms with E-state index in [-0.39, 0.29) is 23.9 Å². The van der Waals surface area contributed by atoms with E-state index in [0.717, 1.165) is 36.0 Å². The minimum absolute atomic E-state index is 0.0157. The minimum Gasteiger partial charge on any atom is -0.355 e. The molecule has 0 bridgehead atoms. The second-order valence-electron chi connectivity index (χ2n) is 8.89. The molecule has 0 saturated heterocycles. The monoisotopic (exact) mass is 424 g/mol. The lowest BCUT2D eigenvalue weighted by Crippen LogP contribution is -2.48. The molecule has 162 valence electrons. The van der Waals surface area contributed by atoms with Crippen LogP contribution in [0.2, 0.25) is 0 Å². The van der Waals surface area contributed by atoms with E-state index in [1.54, 1.807) is 0 Å². The highest BCUT2D eigenvalue weighted by molar-refractivity contribution is 6.01. The molecule has 0 spiro atoms. The average Bonchev–Trinajstić information content (AvgIpc) is 3.65. The number of aryl methyl sites for hydroxylation is 1. The summed E-state index contributed by atoms with van der Waals surface area (Å²) in [6, 6.07) is 26.0. The van der Waals surface area contributed by atoms with Gasteiger partial charge in [-0.2, -0.15) is 0 Å². The normalized spacial score (nSPS) is 20.0. The molecule has 1 aliphatic carbocycles. The Morgan fingerprint density at radius 3 is 2.47 bits per heavy atom. The number of nitrogens with zero attached hydrogens (tertiary/aromatic N) is 1. The maximum Gasteiger partial charge on any atom is 0.254 e. The number of hydrogen-bond acceptors (Lipinski definition) is 2. The third-order valence-corrected chi connectivity index (χ3v) is 6.54. The fourth-order valence-electron chi connectivity index (χ4n) is 4.88. The van der Waals surface area contributed by atoms with Crippen LogP contribution >= 0.6 is 0 Å². The number of carbonyl (C=O) groups excluding carboxylic acids is 2. The summed E-state index contributed by atoms with van der Waals surface area (Å²) in [6.07, 6.45) is 2.78. The van der Waals surface area contributed by atoms with E-state index in [1.165, 1.54) is 5.56 Å². The van der Waals surface area contributed by atoms with Crippen LogP contribution in [-0.4, -0.2) is 29.3 Å². The molecule has 2 amide bonds. The zero-order chi connectivity index (χ0) is 22.1. The highest BCUT2D eigenvalue weighted by Crippen LogP contribution is 2.47. The van der Waals surface area contributed by atoms with Gasteiger partial charge in [0, 0.05) is 18.2 Å². The molecule has 5 rings (SSSR count). The van der Waals surface area contributed by atoms with Crippen molar-refractivity contribution < 1.29 is 9.59 Å². The van der Waals surface area contributed by atoms with E-state index in [2.05, 4.69) is 42.6 Å². The van der Waals surface area contributed by atoms with Crippen molar-refractivity contribution in [1.82, 2.24) is 10.2 Å². The number of benzene rings is 3. The van der Waals surface area contributed by atoms with E-state index in [1.807, 2.05) is 53.4 Å². The maximum atomic E-state index is 13.7. The molecule has 4 heteroatoms. The van der Waals surface area contributed by atoms with Crippen LogP contribution in [0, 0.1) is 6.92 Å². The van der Waals surface area contributed by atoms with Crippen molar-refractivity contribution in [3.8, 4) is 0 Å². The number of fused-ring (bicyclic) bond motifs is 1. The van der Waals surface area contributed by atoms with E-state index < -0.39 is 5.92 Å². The number of hydrogen-bond donors (Lipinski definition) is 1. The molecule has 32 heavy (non-hydrogen) atoms. The molecule has 1 N–H and O–H groups in total. The second kappa shape index (κ2) is 8.62. The molecule has 1 heterocycles. The summed E-state index contributed by atoms with van der Waals surface area (Å²) in [6.45, 7) is 2.62. The molecule has 3 aromatic rings. The first-order valence-corrected chi connectivity index (χ1v) is 11.4. The number of rotatable bonds is 6. The minimum atomic E-state index is -0.429. The van der Waals surface area contributed by atoms with E-state index in [4.69, 9.17) is 0 Å². The van der Waals surface area contributed by atoms with Gasteiger partial charge in [-0.05, 0) is 48.9 Å². The van der Waals surface area contributed by atoms with Crippen LogP contribution in [0.3, 0.4) is 0 Å². The van der Waals surface area contributed by atoms with E-state index >= 15 is 0 Å². The van der Waals surface area contributed by atoms with Gasteiger partial charge in [0.2, 0.25) is 5.91 Å². The lowest BCUT2D eigenvalue weighted by Gasteiger charge is -2.42. The Balaban J connectivity index is 1.51.